The monoisotopic (exact) mass is 479 g/mol. The molecule has 0 spiro atoms. The molecule has 4 rings (SSSR count). The number of hydrogen-bond acceptors (Lipinski definition) is 6. The molecule has 0 aliphatic heterocycles. The lowest BCUT2D eigenvalue weighted by molar-refractivity contribution is -0.127. The van der Waals surface area contributed by atoms with E-state index in [9.17, 15) is 18.0 Å². The Morgan fingerprint density at radius 2 is 1.80 bits per heavy atom. The van der Waals surface area contributed by atoms with Crippen LogP contribution >= 0.6 is 0 Å². The summed E-state index contributed by atoms with van der Waals surface area (Å²) >= 11 is 0. The number of carbonyl (C=O) groups is 1. The van der Waals surface area contributed by atoms with Crippen LogP contribution in [0.5, 0.6) is 11.8 Å². The highest BCUT2D eigenvalue weighted by atomic mass is 19.4. The summed E-state index contributed by atoms with van der Waals surface area (Å²) in [6.45, 7) is 4.00. The van der Waals surface area contributed by atoms with E-state index in [0.717, 1.165) is 0 Å². The molecule has 2 heterocycles. The van der Waals surface area contributed by atoms with E-state index in [0.29, 0.717) is 10.9 Å². The first kappa shape index (κ1) is 25.5. The summed E-state index contributed by atoms with van der Waals surface area (Å²) in [5.74, 6) is -0.0685. The number of benzene rings is 2. The molecule has 178 valence electrons. The molecule has 0 fully saturated rings. The van der Waals surface area contributed by atoms with E-state index in [1.807, 2.05) is 13.8 Å². The predicted molar refractivity (Wildman–Crippen MR) is 129 cm³/mol. The molecule has 0 saturated heterocycles. The molecule has 0 saturated carbocycles. The van der Waals surface area contributed by atoms with E-state index >= 15 is 0 Å². The van der Waals surface area contributed by atoms with Crippen molar-refractivity contribution in [3.8, 4) is 11.8 Å². The van der Waals surface area contributed by atoms with Crippen LogP contribution in [0.4, 0.5) is 24.8 Å². The molecule has 35 heavy (non-hydrogen) atoms. The lowest BCUT2D eigenvalue weighted by Gasteiger charge is -2.13. The lowest BCUT2D eigenvalue weighted by atomic mass is 9.92. The molecule has 1 amide bonds. The summed E-state index contributed by atoms with van der Waals surface area (Å²) in [7, 11) is 5.85. The molecular weight excluding hydrogens is 458 g/mol. The quantitative estimate of drug-likeness (QED) is 0.407. The minimum Gasteiger partial charge on any atom is -0.421 e. The first-order chi connectivity index (χ1) is 16.7. The Labute approximate surface area is 201 Å². The number of pyridine rings is 1. The van der Waals surface area contributed by atoms with Gasteiger partial charge in [0.1, 0.15) is 7.85 Å². The molecule has 2 aromatic heterocycles. The van der Waals surface area contributed by atoms with E-state index in [4.69, 9.17) is 18.3 Å². The van der Waals surface area contributed by atoms with Gasteiger partial charge in [-0.1, -0.05) is 37.5 Å². The Bertz CT molecular complexity index is 1350. The first-order valence-electron chi connectivity index (χ1n) is 10.6. The van der Waals surface area contributed by atoms with Crippen LogP contribution < -0.4 is 21.3 Å². The van der Waals surface area contributed by atoms with E-state index in [-0.39, 0.29) is 40.0 Å². The topological polar surface area (TPSA) is 103 Å². The van der Waals surface area contributed by atoms with Gasteiger partial charge in [-0.25, -0.2) is 9.97 Å². The third-order valence-corrected chi connectivity index (χ3v) is 4.58. The van der Waals surface area contributed by atoms with Crippen LogP contribution in [-0.2, 0) is 6.42 Å². The largest absolute Gasteiger partial charge is 0.421 e. The second-order valence-corrected chi connectivity index (χ2v) is 7.04. The number of carbonyl (C=O) groups excluding carboxylic acids is 1. The zero-order valence-electron chi connectivity index (χ0n) is 18.9. The lowest BCUT2D eigenvalue weighted by Crippen LogP contribution is -2.20. The Kier molecular flexibility index (Phi) is 7.90. The van der Waals surface area contributed by atoms with Crippen molar-refractivity contribution >= 4 is 41.8 Å². The van der Waals surface area contributed by atoms with Crippen molar-refractivity contribution in [3.05, 3.63) is 71.9 Å². The fourth-order valence-corrected chi connectivity index (χ4v) is 3.15. The van der Waals surface area contributed by atoms with Crippen LogP contribution in [0.15, 0.2) is 60.8 Å². The number of halogens is 3. The van der Waals surface area contributed by atoms with Gasteiger partial charge >= 0.3 is 6.18 Å². The highest BCUT2D eigenvalue weighted by molar-refractivity contribution is 6.36. The van der Waals surface area contributed by atoms with Crippen LogP contribution in [0.3, 0.4) is 0 Å². The summed E-state index contributed by atoms with van der Waals surface area (Å²) in [5, 5.41) is 3.09. The summed E-state index contributed by atoms with van der Waals surface area (Å²) in [4.78, 5) is 25.0. The summed E-state index contributed by atoms with van der Waals surface area (Å²) in [5.41, 5.74) is 6.48. The zero-order chi connectivity index (χ0) is 25.6. The second kappa shape index (κ2) is 10.9. The van der Waals surface area contributed by atoms with Crippen molar-refractivity contribution in [3.63, 3.8) is 0 Å². The molecule has 2 radical (unpaired) electrons. The van der Waals surface area contributed by atoms with Crippen molar-refractivity contribution in [1.29, 1.82) is 0 Å². The van der Waals surface area contributed by atoms with Crippen molar-refractivity contribution in [2.24, 2.45) is 0 Å². The van der Waals surface area contributed by atoms with Crippen LogP contribution in [0.25, 0.3) is 10.9 Å². The standard InChI is InChI=1S/C22H15BF3N5O2.C2H6/c23-15-6-4-12(11-22(24,25)26)10-17(15)30-20(32)14-2-1-3-16-13(14)5-7-18(29-16)33-19-8-9-28-21(27)31-19;1-2/h1-10H,11H2,(H,30,32)(H2,27,28,31);1-2H3. The normalized spacial score (nSPS) is 10.9. The van der Waals surface area contributed by atoms with Crippen molar-refractivity contribution in [2.45, 2.75) is 26.4 Å². The van der Waals surface area contributed by atoms with Gasteiger partial charge < -0.3 is 15.8 Å². The molecule has 2 aromatic carbocycles. The number of rotatable bonds is 5. The molecular formula is C24H21BF3N5O2. The van der Waals surface area contributed by atoms with Gasteiger partial charge in [-0.15, -0.1) is 0 Å². The average molecular weight is 479 g/mol. The van der Waals surface area contributed by atoms with Gasteiger partial charge in [0.15, 0.2) is 0 Å². The number of nitrogens with two attached hydrogens (primary N) is 1. The number of nitrogens with zero attached hydrogens (tertiary/aromatic N) is 3. The van der Waals surface area contributed by atoms with Gasteiger partial charge in [0.2, 0.25) is 17.7 Å². The summed E-state index contributed by atoms with van der Waals surface area (Å²) in [6.07, 6.45) is -4.07. The number of fused-ring (bicyclic) bond motifs is 1. The van der Waals surface area contributed by atoms with Gasteiger partial charge in [0, 0.05) is 35.0 Å². The summed E-state index contributed by atoms with van der Waals surface area (Å²) in [6, 6.07) is 13.4. The van der Waals surface area contributed by atoms with E-state index < -0.39 is 18.5 Å². The van der Waals surface area contributed by atoms with Crippen LogP contribution in [0.1, 0.15) is 29.8 Å². The number of anilines is 2. The maximum atomic E-state index is 12.9. The minimum atomic E-state index is -4.38. The number of alkyl halides is 3. The molecule has 0 bridgehead atoms. The van der Waals surface area contributed by atoms with Crippen molar-refractivity contribution in [2.75, 3.05) is 11.1 Å². The predicted octanol–water partition coefficient (Wildman–Crippen LogP) is 4.58. The maximum absolute atomic E-state index is 12.9. The van der Waals surface area contributed by atoms with E-state index in [1.54, 1.807) is 30.3 Å². The Hall–Kier alpha value is -4.15. The number of ether oxygens (including phenoxy) is 1. The number of nitrogen functional groups attached to an aromatic ring is 1. The highest BCUT2D eigenvalue weighted by Crippen LogP contribution is 2.25. The number of aromatic nitrogens is 3. The molecule has 4 aromatic rings. The third-order valence-electron chi connectivity index (χ3n) is 4.58. The molecule has 0 unspecified atom stereocenters. The van der Waals surface area contributed by atoms with Crippen LogP contribution in [-0.4, -0.2) is 34.9 Å². The molecule has 7 nitrogen and oxygen atoms in total. The smallest absolute Gasteiger partial charge is 0.393 e. The minimum absolute atomic E-state index is 0.0151. The Balaban J connectivity index is 0.00000167. The molecule has 11 heteroatoms. The molecule has 0 atom stereocenters. The molecule has 0 aliphatic carbocycles. The highest BCUT2D eigenvalue weighted by Gasteiger charge is 2.27. The first-order valence-corrected chi connectivity index (χ1v) is 10.6. The van der Waals surface area contributed by atoms with E-state index in [1.165, 1.54) is 30.5 Å². The SMILES string of the molecule is CC.[B]c1ccc(CC(F)(F)F)cc1NC(=O)c1cccc2nc(Oc3ccnc(N)n3)ccc12. The van der Waals surface area contributed by atoms with E-state index in [2.05, 4.69) is 20.3 Å². The van der Waals surface area contributed by atoms with Gasteiger partial charge in [-0.3, -0.25) is 4.79 Å². The van der Waals surface area contributed by atoms with Gasteiger partial charge in [0.25, 0.3) is 5.91 Å². The van der Waals surface area contributed by atoms with Crippen LogP contribution in [0.2, 0.25) is 0 Å². The number of hydrogen-bond donors (Lipinski definition) is 2. The maximum Gasteiger partial charge on any atom is 0.393 e. The fourth-order valence-electron chi connectivity index (χ4n) is 3.15. The number of amides is 1. The van der Waals surface area contributed by atoms with Gasteiger partial charge in [-0.2, -0.15) is 18.2 Å². The van der Waals surface area contributed by atoms with Crippen molar-refractivity contribution < 1.29 is 22.7 Å². The van der Waals surface area contributed by atoms with Gasteiger partial charge in [0.05, 0.1) is 11.9 Å². The zero-order valence-corrected chi connectivity index (χ0v) is 18.9. The van der Waals surface area contributed by atoms with Crippen molar-refractivity contribution in [1.82, 2.24) is 15.0 Å². The third kappa shape index (κ3) is 6.69. The second-order valence-electron chi connectivity index (χ2n) is 7.04. The summed E-state index contributed by atoms with van der Waals surface area (Å²) < 4.78 is 43.7. The molecule has 0 aliphatic rings. The number of nitrogens with one attached hydrogen (secondary N) is 1. The van der Waals surface area contributed by atoms with Gasteiger partial charge in [-0.05, 0) is 29.8 Å². The Morgan fingerprint density at radius 1 is 1.06 bits per heavy atom. The van der Waals surface area contributed by atoms with Crippen LogP contribution in [0, 0.1) is 0 Å². The fraction of sp³-hybridized carbons (Fsp3) is 0.167. The molecule has 3 N–H and O–H groups in total. The Morgan fingerprint density at radius 3 is 2.51 bits per heavy atom. The average Bonchev–Trinajstić information content (AvgIpc) is 2.81.